The number of aryl methyl sites for hydroxylation is 1. The predicted octanol–water partition coefficient (Wildman–Crippen LogP) is 3.44. The summed E-state index contributed by atoms with van der Waals surface area (Å²) in [5.41, 5.74) is 0.367. The summed E-state index contributed by atoms with van der Waals surface area (Å²) in [4.78, 5) is 25.5. The Balaban J connectivity index is 1.48. The highest BCUT2D eigenvalue weighted by molar-refractivity contribution is 6.00. The molecule has 0 aliphatic heterocycles. The molecule has 0 radical (unpaired) electrons. The van der Waals surface area contributed by atoms with Gasteiger partial charge in [-0.3, -0.25) is 9.59 Å². The Morgan fingerprint density at radius 2 is 1.72 bits per heavy atom. The summed E-state index contributed by atoms with van der Waals surface area (Å²) in [7, 11) is 0. The Hall–Kier alpha value is -1.68. The number of ketones is 1. The van der Waals surface area contributed by atoms with Crippen molar-refractivity contribution in [3.63, 3.8) is 0 Å². The van der Waals surface area contributed by atoms with Gasteiger partial charge in [-0.25, -0.2) is 0 Å². The molecule has 5 rings (SSSR count). The van der Waals surface area contributed by atoms with Crippen molar-refractivity contribution in [2.75, 3.05) is 0 Å². The van der Waals surface area contributed by atoms with Crippen LogP contribution in [0.1, 0.15) is 61.4 Å². The lowest BCUT2D eigenvalue weighted by Crippen LogP contribution is -2.58. The van der Waals surface area contributed by atoms with Crippen molar-refractivity contribution in [1.82, 2.24) is 0 Å². The lowest BCUT2D eigenvalue weighted by Gasteiger charge is -2.58. The van der Waals surface area contributed by atoms with E-state index in [0.717, 1.165) is 37.7 Å². The molecule has 1 aromatic rings. The number of hydrogen-bond donors (Lipinski definition) is 1. The molecule has 0 amide bonds. The molecule has 134 valence electrons. The molecule has 4 heteroatoms. The molecule has 2 unspecified atom stereocenters. The van der Waals surface area contributed by atoms with Gasteiger partial charge >= 0.3 is 5.97 Å². The molecule has 0 spiro atoms. The summed E-state index contributed by atoms with van der Waals surface area (Å²) < 4.78 is 5.63. The van der Waals surface area contributed by atoms with Gasteiger partial charge in [0, 0.05) is 5.56 Å². The van der Waals surface area contributed by atoms with Crippen LogP contribution in [0.15, 0.2) is 24.3 Å². The van der Waals surface area contributed by atoms with E-state index in [0.29, 0.717) is 23.8 Å². The monoisotopic (exact) mass is 342 g/mol. The van der Waals surface area contributed by atoms with E-state index in [4.69, 9.17) is 4.74 Å². The average Bonchev–Trinajstić information content (AvgIpc) is 2.52. The van der Waals surface area contributed by atoms with Crippen LogP contribution >= 0.6 is 0 Å². The fourth-order valence-corrected chi connectivity index (χ4v) is 5.74. The highest BCUT2D eigenvalue weighted by Crippen LogP contribution is 2.62. The zero-order chi connectivity index (χ0) is 17.8. The number of esters is 1. The molecule has 0 heterocycles. The maximum Gasteiger partial charge on any atom is 0.312 e. The molecule has 4 saturated carbocycles. The molecule has 4 bridgehead atoms. The highest BCUT2D eigenvalue weighted by Gasteiger charge is 2.61. The maximum absolute atomic E-state index is 13.0. The van der Waals surface area contributed by atoms with Crippen molar-refractivity contribution < 1.29 is 19.4 Å². The van der Waals surface area contributed by atoms with Crippen LogP contribution in [-0.2, 0) is 9.53 Å². The van der Waals surface area contributed by atoms with Gasteiger partial charge in [0.15, 0.2) is 6.10 Å². The minimum absolute atomic E-state index is 0.170. The summed E-state index contributed by atoms with van der Waals surface area (Å²) in [5, 5.41) is 10.8. The van der Waals surface area contributed by atoms with Crippen LogP contribution < -0.4 is 0 Å². The minimum atomic E-state index is -0.794. The first-order chi connectivity index (χ1) is 11.8. The number of hydrogen-bond acceptors (Lipinski definition) is 4. The van der Waals surface area contributed by atoms with Crippen molar-refractivity contribution in [1.29, 1.82) is 0 Å². The van der Waals surface area contributed by atoms with Crippen molar-refractivity contribution in [2.45, 2.75) is 64.1 Å². The smallest absolute Gasteiger partial charge is 0.312 e. The van der Waals surface area contributed by atoms with Crippen molar-refractivity contribution in [2.24, 2.45) is 17.3 Å². The van der Waals surface area contributed by atoms with Gasteiger partial charge in [0.05, 0.1) is 11.0 Å². The Bertz CT molecular complexity index is 691. The molecule has 25 heavy (non-hydrogen) atoms. The predicted molar refractivity (Wildman–Crippen MR) is 93.1 cm³/mol. The topological polar surface area (TPSA) is 63.6 Å². The van der Waals surface area contributed by atoms with Gasteiger partial charge in [0.1, 0.15) is 0 Å². The number of ether oxygens (including phenoxy) is 1. The molecule has 4 nitrogen and oxygen atoms in total. The Morgan fingerprint density at radius 3 is 2.28 bits per heavy atom. The van der Waals surface area contributed by atoms with Gasteiger partial charge in [0.25, 0.3) is 0 Å². The van der Waals surface area contributed by atoms with E-state index in [9.17, 15) is 14.7 Å². The molecular weight excluding hydrogens is 316 g/mol. The molecule has 5 atom stereocenters. The van der Waals surface area contributed by atoms with Crippen molar-refractivity contribution in [3.8, 4) is 0 Å². The SMILES string of the molecule is Cc1ccc(C(=O)[C@@H](C)OC(=O)C23C[C@@H]4C[C@@H](CC(O)(C4)C2)C3)cc1. The quantitative estimate of drug-likeness (QED) is 0.672. The van der Waals surface area contributed by atoms with Gasteiger partial charge < -0.3 is 9.84 Å². The molecule has 4 aliphatic carbocycles. The van der Waals surface area contributed by atoms with Crippen LogP contribution in [0, 0.1) is 24.2 Å². The number of benzene rings is 1. The second-order valence-electron chi connectivity index (χ2n) is 8.74. The number of carbonyl (C=O) groups excluding carboxylic acids is 2. The Labute approximate surface area is 148 Å². The molecule has 0 aromatic heterocycles. The van der Waals surface area contributed by atoms with Gasteiger partial charge in [-0.05, 0) is 64.2 Å². The number of Topliss-reactive ketones (excluding diaryl/α,β-unsaturated/α-hetero) is 1. The van der Waals surface area contributed by atoms with Crippen molar-refractivity contribution in [3.05, 3.63) is 35.4 Å². The van der Waals surface area contributed by atoms with E-state index in [2.05, 4.69) is 0 Å². The second-order valence-corrected chi connectivity index (χ2v) is 8.74. The van der Waals surface area contributed by atoms with E-state index in [1.54, 1.807) is 19.1 Å². The maximum atomic E-state index is 13.0. The second kappa shape index (κ2) is 5.66. The van der Waals surface area contributed by atoms with E-state index >= 15 is 0 Å². The molecule has 0 saturated heterocycles. The normalized spacial score (nSPS) is 36.9. The Morgan fingerprint density at radius 1 is 1.12 bits per heavy atom. The van der Waals surface area contributed by atoms with E-state index in [-0.39, 0.29) is 11.8 Å². The largest absolute Gasteiger partial charge is 0.454 e. The van der Waals surface area contributed by atoms with Gasteiger partial charge in [-0.2, -0.15) is 0 Å². The van der Waals surface area contributed by atoms with Gasteiger partial charge in [-0.1, -0.05) is 29.8 Å². The first kappa shape index (κ1) is 16.8. The van der Waals surface area contributed by atoms with E-state index in [1.165, 1.54) is 0 Å². The number of carbonyl (C=O) groups is 2. The van der Waals surface area contributed by atoms with Crippen molar-refractivity contribution >= 4 is 11.8 Å². The summed E-state index contributed by atoms with van der Waals surface area (Å²) in [6.07, 6.45) is 4.06. The summed E-state index contributed by atoms with van der Waals surface area (Å²) >= 11 is 0. The summed E-state index contributed by atoms with van der Waals surface area (Å²) in [6, 6.07) is 7.32. The van der Waals surface area contributed by atoms with Gasteiger partial charge in [-0.15, -0.1) is 0 Å². The third-order valence-electron chi connectivity index (χ3n) is 6.45. The van der Waals surface area contributed by atoms with Crippen LogP contribution in [0.4, 0.5) is 0 Å². The van der Waals surface area contributed by atoms with Crippen LogP contribution in [0.2, 0.25) is 0 Å². The fourth-order valence-electron chi connectivity index (χ4n) is 5.74. The molecular formula is C21H26O4. The minimum Gasteiger partial charge on any atom is -0.454 e. The third-order valence-corrected chi connectivity index (χ3v) is 6.45. The molecule has 4 fully saturated rings. The lowest BCUT2D eigenvalue weighted by atomic mass is 9.48. The summed E-state index contributed by atoms with van der Waals surface area (Å²) in [6.45, 7) is 3.62. The van der Waals surface area contributed by atoms with E-state index < -0.39 is 17.1 Å². The van der Waals surface area contributed by atoms with Gasteiger partial charge in [0.2, 0.25) is 5.78 Å². The van der Waals surface area contributed by atoms with Crippen LogP contribution in [0.3, 0.4) is 0 Å². The first-order valence-corrected chi connectivity index (χ1v) is 9.33. The lowest BCUT2D eigenvalue weighted by molar-refractivity contribution is -0.197. The standard InChI is InChI=1S/C21H26O4/c1-13-3-5-17(6-4-13)18(22)14(2)25-19(23)20-8-15-7-16(9-20)11-21(24,10-15)12-20/h3-6,14-16,24H,7-12H2,1-2H3/t14-,15-,16+,20?,21?/m1/s1. The fraction of sp³-hybridized carbons (Fsp3) is 0.619. The van der Waals surface area contributed by atoms with E-state index in [1.807, 2.05) is 19.1 Å². The summed E-state index contributed by atoms with van der Waals surface area (Å²) in [5.74, 6) is 0.383. The zero-order valence-electron chi connectivity index (χ0n) is 15.0. The van der Waals surface area contributed by atoms with Crippen LogP contribution in [0.25, 0.3) is 0 Å². The molecule has 4 aliphatic rings. The Kier molecular flexibility index (Phi) is 3.80. The number of aliphatic hydroxyl groups is 1. The van der Waals surface area contributed by atoms with Crippen LogP contribution in [-0.4, -0.2) is 28.6 Å². The zero-order valence-corrected chi connectivity index (χ0v) is 15.0. The molecule has 1 N–H and O–H groups in total. The highest BCUT2D eigenvalue weighted by atomic mass is 16.5. The van der Waals surface area contributed by atoms with Crippen LogP contribution in [0.5, 0.6) is 0 Å². The third kappa shape index (κ3) is 2.91. The average molecular weight is 342 g/mol. The first-order valence-electron chi connectivity index (χ1n) is 9.33. The molecule has 1 aromatic carbocycles. The number of rotatable bonds is 4.